The van der Waals surface area contributed by atoms with Gasteiger partial charge in [0, 0.05) is 11.8 Å². The van der Waals surface area contributed by atoms with Gasteiger partial charge in [-0.15, -0.1) is 0 Å². The van der Waals surface area contributed by atoms with E-state index in [0.717, 1.165) is 11.3 Å². The number of benzene rings is 1. The van der Waals surface area contributed by atoms with Crippen molar-refractivity contribution >= 4 is 0 Å². The summed E-state index contributed by atoms with van der Waals surface area (Å²) in [6, 6.07) is 9.22. The van der Waals surface area contributed by atoms with Gasteiger partial charge in [-0.2, -0.15) is 10.1 Å². The van der Waals surface area contributed by atoms with Crippen molar-refractivity contribution in [3.05, 3.63) is 36.5 Å². The van der Waals surface area contributed by atoms with Crippen molar-refractivity contribution in [3.8, 4) is 28.7 Å². The molecule has 1 N–H and O–H groups in total. The first kappa shape index (κ1) is 10.5. The Morgan fingerprint density at radius 2 is 2.00 bits per heavy atom. The number of aromatic amines is 1. The van der Waals surface area contributed by atoms with Crippen LogP contribution in [0.5, 0.6) is 5.75 Å². The third-order valence-corrected chi connectivity index (χ3v) is 2.51. The largest absolute Gasteiger partial charge is 0.497 e. The Hall–Kier alpha value is -2.63. The van der Waals surface area contributed by atoms with Crippen LogP contribution in [0.25, 0.3) is 23.0 Å². The predicted molar refractivity (Wildman–Crippen MR) is 63.9 cm³/mol. The molecule has 0 saturated heterocycles. The van der Waals surface area contributed by atoms with Gasteiger partial charge >= 0.3 is 0 Å². The fraction of sp³-hybridized carbons (Fsp3) is 0.0833. The molecule has 0 radical (unpaired) electrons. The maximum atomic E-state index is 5.16. The summed E-state index contributed by atoms with van der Waals surface area (Å²) in [5.41, 5.74) is 1.56. The number of nitrogens with zero attached hydrogens (tertiary/aromatic N) is 3. The molecule has 0 spiro atoms. The number of ether oxygens (including phenoxy) is 1. The van der Waals surface area contributed by atoms with Crippen LogP contribution in [0.1, 0.15) is 0 Å². The molecule has 6 heteroatoms. The fourth-order valence-electron chi connectivity index (χ4n) is 1.57. The molecule has 3 rings (SSSR count). The number of H-pyrrole nitrogens is 1. The van der Waals surface area contributed by atoms with Gasteiger partial charge < -0.3 is 9.26 Å². The Labute approximate surface area is 103 Å². The van der Waals surface area contributed by atoms with E-state index in [1.165, 1.54) is 0 Å². The molecule has 0 fully saturated rings. The first-order chi connectivity index (χ1) is 8.86. The molecule has 0 bridgehead atoms. The summed E-state index contributed by atoms with van der Waals surface area (Å²) < 4.78 is 10.2. The molecule has 0 aliphatic heterocycles. The van der Waals surface area contributed by atoms with Gasteiger partial charge in [-0.25, -0.2) is 0 Å². The highest BCUT2D eigenvalue weighted by molar-refractivity contribution is 5.58. The Morgan fingerprint density at radius 3 is 2.67 bits per heavy atom. The van der Waals surface area contributed by atoms with Crippen LogP contribution in [0.2, 0.25) is 0 Å². The summed E-state index contributed by atoms with van der Waals surface area (Å²) in [5, 5.41) is 10.5. The van der Waals surface area contributed by atoms with E-state index < -0.39 is 0 Å². The summed E-state index contributed by atoms with van der Waals surface area (Å²) in [4.78, 5) is 4.29. The molecular weight excluding hydrogens is 232 g/mol. The van der Waals surface area contributed by atoms with Gasteiger partial charge in [0.05, 0.1) is 7.11 Å². The van der Waals surface area contributed by atoms with E-state index in [9.17, 15) is 0 Å². The lowest BCUT2D eigenvalue weighted by molar-refractivity contribution is 0.414. The van der Waals surface area contributed by atoms with Crippen molar-refractivity contribution in [2.45, 2.75) is 0 Å². The first-order valence-corrected chi connectivity index (χ1v) is 5.35. The minimum Gasteiger partial charge on any atom is -0.497 e. The molecule has 0 atom stereocenters. The number of hydrogen-bond acceptors (Lipinski definition) is 5. The van der Waals surface area contributed by atoms with Crippen LogP contribution >= 0.6 is 0 Å². The Bertz CT molecular complexity index is 628. The normalized spacial score (nSPS) is 10.5. The molecule has 6 nitrogen and oxygen atoms in total. The summed E-state index contributed by atoms with van der Waals surface area (Å²) >= 11 is 0. The van der Waals surface area contributed by atoms with Gasteiger partial charge in [0.25, 0.3) is 5.89 Å². The molecule has 0 aliphatic carbocycles. The van der Waals surface area contributed by atoms with E-state index in [4.69, 9.17) is 9.26 Å². The lowest BCUT2D eigenvalue weighted by atomic mass is 10.2. The molecule has 18 heavy (non-hydrogen) atoms. The molecule has 3 aromatic rings. The highest BCUT2D eigenvalue weighted by Crippen LogP contribution is 2.22. The van der Waals surface area contributed by atoms with E-state index in [0.29, 0.717) is 17.4 Å². The number of hydrogen-bond donors (Lipinski definition) is 1. The van der Waals surface area contributed by atoms with Crippen molar-refractivity contribution in [3.63, 3.8) is 0 Å². The third kappa shape index (κ3) is 1.84. The second-order valence-electron chi connectivity index (χ2n) is 3.62. The minimum absolute atomic E-state index is 0.415. The van der Waals surface area contributed by atoms with E-state index in [1.807, 2.05) is 24.3 Å². The fourth-order valence-corrected chi connectivity index (χ4v) is 1.57. The molecule has 1 aromatic carbocycles. The highest BCUT2D eigenvalue weighted by Gasteiger charge is 2.11. The molecule has 0 saturated carbocycles. The zero-order valence-electron chi connectivity index (χ0n) is 9.62. The van der Waals surface area contributed by atoms with Crippen LogP contribution in [0.4, 0.5) is 0 Å². The molecule has 0 amide bonds. The quantitative estimate of drug-likeness (QED) is 0.761. The van der Waals surface area contributed by atoms with E-state index in [-0.39, 0.29) is 0 Å². The van der Waals surface area contributed by atoms with E-state index >= 15 is 0 Å². The van der Waals surface area contributed by atoms with E-state index in [1.54, 1.807) is 19.4 Å². The Balaban J connectivity index is 1.92. The predicted octanol–water partition coefficient (Wildman–Crippen LogP) is 2.14. The van der Waals surface area contributed by atoms with Crippen LogP contribution in [0, 0.1) is 0 Å². The van der Waals surface area contributed by atoms with Gasteiger partial charge in [-0.3, -0.25) is 5.10 Å². The van der Waals surface area contributed by atoms with Gasteiger partial charge in [-0.1, -0.05) is 5.16 Å². The number of rotatable bonds is 3. The number of methoxy groups -OCH3 is 1. The van der Waals surface area contributed by atoms with E-state index in [2.05, 4.69) is 20.3 Å². The molecule has 0 aliphatic rings. The van der Waals surface area contributed by atoms with Gasteiger partial charge in [0.15, 0.2) is 0 Å². The third-order valence-electron chi connectivity index (χ3n) is 2.51. The van der Waals surface area contributed by atoms with Gasteiger partial charge in [0.1, 0.15) is 11.4 Å². The maximum Gasteiger partial charge on any atom is 0.276 e. The average molecular weight is 242 g/mol. The highest BCUT2D eigenvalue weighted by atomic mass is 16.5. The first-order valence-electron chi connectivity index (χ1n) is 5.35. The van der Waals surface area contributed by atoms with Crippen molar-refractivity contribution in [2.75, 3.05) is 7.11 Å². The van der Waals surface area contributed by atoms with Crippen LogP contribution in [0.3, 0.4) is 0 Å². The van der Waals surface area contributed by atoms with Crippen molar-refractivity contribution in [1.29, 1.82) is 0 Å². The lowest BCUT2D eigenvalue weighted by Gasteiger charge is -1.98. The van der Waals surface area contributed by atoms with Crippen molar-refractivity contribution in [2.24, 2.45) is 0 Å². The van der Waals surface area contributed by atoms with Crippen LogP contribution < -0.4 is 4.74 Å². The summed E-state index contributed by atoms with van der Waals surface area (Å²) in [6.45, 7) is 0. The SMILES string of the molecule is COc1ccc(-c2noc(-c3ccn[nH]3)n2)cc1. The van der Waals surface area contributed by atoms with Gasteiger partial charge in [0.2, 0.25) is 5.82 Å². The Morgan fingerprint density at radius 1 is 1.17 bits per heavy atom. The maximum absolute atomic E-state index is 5.16. The minimum atomic E-state index is 0.415. The van der Waals surface area contributed by atoms with Crippen molar-refractivity contribution < 1.29 is 9.26 Å². The van der Waals surface area contributed by atoms with Crippen LogP contribution in [-0.4, -0.2) is 27.4 Å². The second-order valence-corrected chi connectivity index (χ2v) is 3.62. The average Bonchev–Trinajstić information content (AvgIpc) is 3.09. The van der Waals surface area contributed by atoms with Crippen LogP contribution in [0.15, 0.2) is 41.1 Å². The Kier molecular flexibility index (Phi) is 2.53. The summed E-state index contributed by atoms with van der Waals surface area (Å²) in [6.07, 6.45) is 1.63. The zero-order valence-corrected chi connectivity index (χ0v) is 9.62. The van der Waals surface area contributed by atoms with Crippen LogP contribution in [-0.2, 0) is 0 Å². The molecule has 0 unspecified atom stereocenters. The number of aromatic nitrogens is 4. The smallest absolute Gasteiger partial charge is 0.276 e. The molecular formula is C12H10N4O2. The second kappa shape index (κ2) is 4.33. The summed E-state index contributed by atoms with van der Waals surface area (Å²) in [5.74, 6) is 1.73. The standard InChI is InChI=1S/C12H10N4O2/c1-17-9-4-2-8(3-5-9)11-14-12(18-16-11)10-6-7-13-15-10/h2-7H,1H3,(H,13,15). The monoisotopic (exact) mass is 242 g/mol. The summed E-state index contributed by atoms with van der Waals surface area (Å²) in [7, 11) is 1.62. The zero-order chi connectivity index (χ0) is 12.4. The lowest BCUT2D eigenvalue weighted by Crippen LogP contribution is -1.84. The molecule has 2 aromatic heterocycles. The number of nitrogens with one attached hydrogen (secondary N) is 1. The molecule has 2 heterocycles. The van der Waals surface area contributed by atoms with Crippen molar-refractivity contribution in [1.82, 2.24) is 20.3 Å². The topological polar surface area (TPSA) is 76.8 Å². The van der Waals surface area contributed by atoms with Gasteiger partial charge in [-0.05, 0) is 30.3 Å². The molecule has 90 valence electrons.